The first-order valence-electron chi connectivity index (χ1n) is 9.95. The Morgan fingerprint density at radius 1 is 1.17 bits per heavy atom. The second-order valence-corrected chi connectivity index (χ2v) is 7.55. The molecular weight excluding hydrogens is 364 g/mol. The summed E-state index contributed by atoms with van der Waals surface area (Å²) in [4.78, 5) is 18.2. The predicted octanol–water partition coefficient (Wildman–Crippen LogP) is 4.56. The average molecular weight is 390 g/mol. The molecule has 1 aliphatic rings. The summed E-state index contributed by atoms with van der Waals surface area (Å²) in [6.45, 7) is 5.30. The zero-order valence-corrected chi connectivity index (χ0v) is 17.1. The molecule has 5 nitrogen and oxygen atoms in total. The van der Waals surface area contributed by atoms with Crippen LogP contribution < -0.4 is 9.47 Å². The quantitative estimate of drug-likeness (QED) is 0.650. The van der Waals surface area contributed by atoms with Crippen LogP contribution >= 0.6 is 0 Å². The summed E-state index contributed by atoms with van der Waals surface area (Å²) in [5.74, 6) is 1.38. The fourth-order valence-corrected chi connectivity index (χ4v) is 3.77. The number of aromatic nitrogens is 1. The van der Waals surface area contributed by atoms with E-state index in [4.69, 9.17) is 9.47 Å². The molecule has 1 N–H and O–H groups in total. The molecule has 2 aromatic carbocycles. The van der Waals surface area contributed by atoms with Crippen LogP contribution in [0.25, 0.3) is 17.0 Å². The van der Waals surface area contributed by atoms with Gasteiger partial charge in [0, 0.05) is 47.7 Å². The van der Waals surface area contributed by atoms with Crippen LogP contribution in [0.4, 0.5) is 0 Å². The molecule has 1 aromatic heterocycles. The van der Waals surface area contributed by atoms with Crippen molar-refractivity contribution in [1.82, 2.24) is 9.88 Å². The topological polar surface area (TPSA) is 54.6 Å². The number of nitrogens with zero attached hydrogens (tertiary/aromatic N) is 1. The van der Waals surface area contributed by atoms with Gasteiger partial charge in [-0.25, -0.2) is 0 Å². The molecule has 3 aromatic rings. The molecule has 0 aliphatic carbocycles. The number of methoxy groups -OCH3 is 1. The normalized spacial score (nSPS) is 13.9. The Kier molecular flexibility index (Phi) is 5.30. The number of carbonyl (C=O) groups is 1. The standard InChI is InChI=1S/C24H26N2O3/c1-16(2)29-22-10-8-17(14-23(22)28-3)9-11-24(27)26-13-12-21-19(15-26)18-6-4-5-7-20(18)25-21/h4-11,14,16,25H,12-13,15H2,1-3H3/b11-9+. The molecule has 5 heteroatoms. The predicted molar refractivity (Wildman–Crippen MR) is 115 cm³/mol. The zero-order valence-electron chi connectivity index (χ0n) is 17.1. The second-order valence-electron chi connectivity index (χ2n) is 7.55. The van der Waals surface area contributed by atoms with Gasteiger partial charge in [-0.3, -0.25) is 4.79 Å². The third-order valence-electron chi connectivity index (χ3n) is 5.16. The number of para-hydroxylation sites is 1. The number of amides is 1. The van der Waals surface area contributed by atoms with Crippen molar-refractivity contribution in [3.05, 3.63) is 65.4 Å². The van der Waals surface area contributed by atoms with E-state index in [1.807, 2.05) is 55.2 Å². The van der Waals surface area contributed by atoms with E-state index >= 15 is 0 Å². The Labute approximate surface area is 170 Å². The van der Waals surface area contributed by atoms with Crippen molar-refractivity contribution in [1.29, 1.82) is 0 Å². The van der Waals surface area contributed by atoms with E-state index in [1.165, 1.54) is 16.6 Å². The van der Waals surface area contributed by atoms with Crippen molar-refractivity contribution in [2.45, 2.75) is 32.9 Å². The van der Waals surface area contributed by atoms with Crippen molar-refractivity contribution in [3.63, 3.8) is 0 Å². The van der Waals surface area contributed by atoms with Crippen LogP contribution in [0.5, 0.6) is 11.5 Å². The van der Waals surface area contributed by atoms with E-state index in [2.05, 4.69) is 17.1 Å². The summed E-state index contributed by atoms with van der Waals surface area (Å²) in [7, 11) is 1.62. The van der Waals surface area contributed by atoms with E-state index in [-0.39, 0.29) is 12.0 Å². The van der Waals surface area contributed by atoms with E-state index in [0.717, 1.165) is 17.5 Å². The van der Waals surface area contributed by atoms with Crippen molar-refractivity contribution in [2.24, 2.45) is 0 Å². The Morgan fingerprint density at radius 3 is 2.79 bits per heavy atom. The van der Waals surface area contributed by atoms with Gasteiger partial charge in [-0.1, -0.05) is 24.3 Å². The van der Waals surface area contributed by atoms with E-state index in [1.54, 1.807) is 13.2 Å². The van der Waals surface area contributed by atoms with Crippen LogP contribution in [-0.2, 0) is 17.8 Å². The minimum absolute atomic E-state index is 0.0161. The monoisotopic (exact) mass is 390 g/mol. The molecule has 0 atom stereocenters. The Hall–Kier alpha value is -3.21. The lowest BCUT2D eigenvalue weighted by molar-refractivity contribution is -0.126. The minimum Gasteiger partial charge on any atom is -0.493 e. The van der Waals surface area contributed by atoms with Crippen molar-refractivity contribution in [2.75, 3.05) is 13.7 Å². The maximum Gasteiger partial charge on any atom is 0.246 e. The Bertz CT molecular complexity index is 1070. The minimum atomic E-state index is 0.0161. The number of benzene rings is 2. The first kappa shape index (κ1) is 19.1. The van der Waals surface area contributed by atoms with Crippen LogP contribution in [0.15, 0.2) is 48.5 Å². The molecular formula is C24H26N2O3. The van der Waals surface area contributed by atoms with E-state index in [9.17, 15) is 4.79 Å². The molecule has 0 radical (unpaired) electrons. The van der Waals surface area contributed by atoms with Gasteiger partial charge in [-0.05, 0) is 43.7 Å². The van der Waals surface area contributed by atoms with Gasteiger partial charge in [-0.2, -0.15) is 0 Å². The van der Waals surface area contributed by atoms with Crippen LogP contribution in [0.1, 0.15) is 30.7 Å². The van der Waals surface area contributed by atoms with Gasteiger partial charge in [-0.15, -0.1) is 0 Å². The fourth-order valence-electron chi connectivity index (χ4n) is 3.77. The van der Waals surface area contributed by atoms with E-state index < -0.39 is 0 Å². The molecule has 0 unspecified atom stereocenters. The molecule has 29 heavy (non-hydrogen) atoms. The molecule has 0 fully saturated rings. The van der Waals surface area contributed by atoms with Gasteiger partial charge in [0.25, 0.3) is 0 Å². The number of nitrogens with one attached hydrogen (secondary N) is 1. The van der Waals surface area contributed by atoms with Crippen molar-refractivity contribution in [3.8, 4) is 11.5 Å². The lowest BCUT2D eigenvalue weighted by Gasteiger charge is -2.26. The first-order valence-corrected chi connectivity index (χ1v) is 9.95. The molecule has 1 amide bonds. The van der Waals surface area contributed by atoms with E-state index in [0.29, 0.717) is 24.6 Å². The number of carbonyl (C=O) groups excluding carboxylic acids is 1. The molecule has 0 spiro atoms. The van der Waals surface area contributed by atoms with Gasteiger partial charge in [0.15, 0.2) is 11.5 Å². The highest BCUT2D eigenvalue weighted by molar-refractivity contribution is 5.93. The summed E-state index contributed by atoms with van der Waals surface area (Å²) in [5, 5.41) is 1.20. The highest BCUT2D eigenvalue weighted by atomic mass is 16.5. The number of H-pyrrole nitrogens is 1. The van der Waals surface area contributed by atoms with Gasteiger partial charge < -0.3 is 19.4 Å². The van der Waals surface area contributed by atoms with Crippen LogP contribution in [0.3, 0.4) is 0 Å². The summed E-state index contributed by atoms with van der Waals surface area (Å²) in [6.07, 6.45) is 4.38. The number of fused-ring (bicyclic) bond motifs is 3. The van der Waals surface area contributed by atoms with Gasteiger partial charge in [0.1, 0.15) is 0 Å². The summed E-state index contributed by atoms with van der Waals surface area (Å²) >= 11 is 0. The number of aromatic amines is 1. The third-order valence-corrected chi connectivity index (χ3v) is 5.16. The maximum absolute atomic E-state index is 12.8. The Balaban J connectivity index is 1.49. The molecule has 150 valence electrons. The van der Waals surface area contributed by atoms with Gasteiger partial charge in [0.05, 0.1) is 13.2 Å². The lowest BCUT2D eigenvalue weighted by atomic mass is 10.0. The second kappa shape index (κ2) is 8.03. The lowest BCUT2D eigenvalue weighted by Crippen LogP contribution is -2.34. The molecule has 0 saturated carbocycles. The SMILES string of the molecule is COc1cc(/C=C/C(=O)N2CCc3[nH]c4ccccc4c3C2)ccc1OC(C)C. The summed E-state index contributed by atoms with van der Waals surface area (Å²) < 4.78 is 11.2. The first-order chi connectivity index (χ1) is 14.0. The zero-order chi connectivity index (χ0) is 20.4. The smallest absolute Gasteiger partial charge is 0.246 e. The number of hydrogen-bond acceptors (Lipinski definition) is 3. The van der Waals surface area contributed by atoms with Crippen molar-refractivity contribution < 1.29 is 14.3 Å². The highest BCUT2D eigenvalue weighted by Gasteiger charge is 2.22. The average Bonchev–Trinajstić information content (AvgIpc) is 3.10. The maximum atomic E-state index is 12.8. The van der Waals surface area contributed by atoms with Crippen LogP contribution in [0, 0.1) is 0 Å². The molecule has 0 saturated heterocycles. The Morgan fingerprint density at radius 2 is 2.00 bits per heavy atom. The molecule has 2 heterocycles. The van der Waals surface area contributed by atoms with Crippen LogP contribution in [-0.4, -0.2) is 35.5 Å². The molecule has 0 bridgehead atoms. The van der Waals surface area contributed by atoms with Gasteiger partial charge in [0.2, 0.25) is 5.91 Å². The number of rotatable bonds is 5. The number of hydrogen-bond donors (Lipinski definition) is 1. The summed E-state index contributed by atoms with van der Waals surface area (Å²) in [6, 6.07) is 14.0. The highest BCUT2D eigenvalue weighted by Crippen LogP contribution is 2.30. The van der Waals surface area contributed by atoms with Crippen molar-refractivity contribution >= 4 is 22.9 Å². The fraction of sp³-hybridized carbons (Fsp3) is 0.292. The third kappa shape index (κ3) is 3.99. The largest absolute Gasteiger partial charge is 0.493 e. The number of ether oxygens (including phenoxy) is 2. The van der Waals surface area contributed by atoms with Gasteiger partial charge >= 0.3 is 0 Å². The summed E-state index contributed by atoms with van der Waals surface area (Å²) in [5.41, 5.74) is 4.50. The van der Waals surface area contributed by atoms with Crippen LogP contribution in [0.2, 0.25) is 0 Å². The molecule has 4 rings (SSSR count). The molecule has 1 aliphatic heterocycles.